The van der Waals surface area contributed by atoms with E-state index in [4.69, 9.17) is 19.3 Å². The van der Waals surface area contributed by atoms with Crippen LogP contribution >= 0.6 is 0 Å². The lowest BCUT2D eigenvalue weighted by Crippen LogP contribution is -2.50. The molecule has 2 N–H and O–H groups in total. The first-order chi connectivity index (χ1) is 15.4. The van der Waals surface area contributed by atoms with Gasteiger partial charge in [-0.25, -0.2) is 0 Å². The first-order valence-electron chi connectivity index (χ1n) is 10.4. The molecule has 0 unspecified atom stereocenters. The van der Waals surface area contributed by atoms with Crippen LogP contribution in [0, 0.1) is 0 Å². The van der Waals surface area contributed by atoms with E-state index in [-0.39, 0.29) is 24.8 Å². The number of ether oxygens (including phenoxy) is 3. The topological polar surface area (TPSA) is 118 Å². The lowest BCUT2D eigenvalue weighted by atomic mass is 10.1. The van der Waals surface area contributed by atoms with Crippen LogP contribution in [0.15, 0.2) is 18.2 Å². The number of carboxylic acids is 1. The number of amides is 2. The molecule has 176 valence electrons. The zero-order valence-electron chi connectivity index (χ0n) is 18.8. The van der Waals surface area contributed by atoms with Crippen molar-refractivity contribution < 1.29 is 33.7 Å². The number of nitrogens with one attached hydrogen (secondary N) is 1. The third-order valence-electron chi connectivity index (χ3n) is 5.05. The first-order valence-corrected chi connectivity index (χ1v) is 10.4. The Morgan fingerprint density at radius 2 is 1.66 bits per heavy atom. The molecule has 1 saturated heterocycles. The minimum Gasteiger partial charge on any atom is -0.493 e. The summed E-state index contributed by atoms with van der Waals surface area (Å²) in [4.78, 5) is 38.7. The normalized spacial score (nSPS) is 14.3. The van der Waals surface area contributed by atoms with E-state index in [0.717, 1.165) is 5.56 Å². The smallest absolute Gasteiger partial charge is 0.303 e. The van der Waals surface area contributed by atoms with E-state index in [9.17, 15) is 14.4 Å². The summed E-state index contributed by atoms with van der Waals surface area (Å²) >= 11 is 0. The number of hydrogen-bond acceptors (Lipinski definition) is 7. The van der Waals surface area contributed by atoms with Gasteiger partial charge in [-0.1, -0.05) is 0 Å². The monoisotopic (exact) mass is 449 g/mol. The van der Waals surface area contributed by atoms with Crippen LogP contribution in [0.5, 0.6) is 17.2 Å². The predicted octanol–water partition coefficient (Wildman–Crippen LogP) is 0.851. The highest BCUT2D eigenvalue weighted by Gasteiger charge is 2.21. The summed E-state index contributed by atoms with van der Waals surface area (Å²) in [6, 6.07) is 3.52. The minimum atomic E-state index is -0.876. The van der Waals surface area contributed by atoms with Gasteiger partial charge in [0.1, 0.15) is 0 Å². The van der Waals surface area contributed by atoms with Gasteiger partial charge in [0.25, 0.3) is 0 Å². The van der Waals surface area contributed by atoms with Crippen LogP contribution in [0.3, 0.4) is 0 Å². The van der Waals surface area contributed by atoms with E-state index < -0.39 is 5.97 Å². The summed E-state index contributed by atoms with van der Waals surface area (Å²) in [7, 11) is 4.60. The zero-order chi connectivity index (χ0) is 23.5. The molecule has 32 heavy (non-hydrogen) atoms. The molecule has 2 amide bonds. The number of rotatable bonds is 11. The lowest BCUT2D eigenvalue weighted by molar-refractivity contribution is -0.137. The summed E-state index contributed by atoms with van der Waals surface area (Å²) < 4.78 is 16.0. The number of carbonyl (C=O) groups excluding carboxylic acids is 2. The minimum absolute atomic E-state index is 0.0324. The molecular weight excluding hydrogens is 418 g/mol. The van der Waals surface area contributed by atoms with Gasteiger partial charge in [-0.05, 0) is 30.2 Å². The van der Waals surface area contributed by atoms with Crippen LogP contribution < -0.4 is 19.5 Å². The van der Waals surface area contributed by atoms with Crippen molar-refractivity contribution in [2.75, 3.05) is 60.6 Å². The van der Waals surface area contributed by atoms with E-state index in [0.29, 0.717) is 56.4 Å². The van der Waals surface area contributed by atoms with Crippen molar-refractivity contribution in [2.45, 2.75) is 12.8 Å². The fraction of sp³-hybridized carbons (Fsp3) is 0.500. The van der Waals surface area contributed by atoms with Crippen molar-refractivity contribution in [3.63, 3.8) is 0 Å². The maximum Gasteiger partial charge on any atom is 0.303 e. The van der Waals surface area contributed by atoms with Crippen molar-refractivity contribution in [2.24, 2.45) is 0 Å². The van der Waals surface area contributed by atoms with Crippen molar-refractivity contribution in [3.05, 3.63) is 23.8 Å². The third-order valence-corrected chi connectivity index (χ3v) is 5.05. The van der Waals surface area contributed by atoms with Crippen LogP contribution in [0.1, 0.15) is 18.4 Å². The number of hydrogen-bond donors (Lipinski definition) is 2. The van der Waals surface area contributed by atoms with E-state index in [1.54, 1.807) is 23.1 Å². The molecule has 0 bridgehead atoms. The molecule has 0 aromatic heterocycles. The highest BCUT2D eigenvalue weighted by atomic mass is 16.5. The summed E-state index contributed by atoms with van der Waals surface area (Å²) in [5.74, 6) is 0.372. The Kier molecular flexibility index (Phi) is 9.80. The van der Waals surface area contributed by atoms with E-state index in [1.807, 2.05) is 4.90 Å². The zero-order valence-corrected chi connectivity index (χ0v) is 18.8. The summed E-state index contributed by atoms with van der Waals surface area (Å²) in [5.41, 5.74) is 0.742. The van der Waals surface area contributed by atoms with Crippen LogP contribution in [0.2, 0.25) is 0 Å². The molecule has 0 aliphatic carbocycles. The van der Waals surface area contributed by atoms with Gasteiger partial charge in [0, 0.05) is 45.2 Å². The molecule has 0 saturated carbocycles. The number of carboxylic acid groups (broad SMARTS) is 1. The molecule has 2 rings (SSSR count). The molecule has 0 radical (unpaired) electrons. The average molecular weight is 450 g/mol. The lowest BCUT2D eigenvalue weighted by Gasteiger charge is -2.33. The van der Waals surface area contributed by atoms with Gasteiger partial charge in [0.2, 0.25) is 17.6 Å². The second-order valence-electron chi connectivity index (χ2n) is 7.24. The van der Waals surface area contributed by atoms with Gasteiger partial charge in [-0.3, -0.25) is 19.3 Å². The molecule has 1 heterocycles. The highest BCUT2D eigenvalue weighted by Crippen LogP contribution is 2.38. The summed E-state index contributed by atoms with van der Waals surface area (Å²) in [6.45, 7) is 2.79. The number of carbonyl (C=O) groups is 3. The largest absolute Gasteiger partial charge is 0.493 e. The first kappa shape index (κ1) is 25.0. The van der Waals surface area contributed by atoms with E-state index in [1.165, 1.54) is 27.4 Å². The number of nitrogens with zero attached hydrogens (tertiary/aromatic N) is 2. The second-order valence-corrected chi connectivity index (χ2v) is 7.24. The van der Waals surface area contributed by atoms with Crippen LogP contribution in [-0.4, -0.2) is 93.3 Å². The van der Waals surface area contributed by atoms with Gasteiger partial charge < -0.3 is 29.5 Å². The molecule has 1 aromatic rings. The van der Waals surface area contributed by atoms with Gasteiger partial charge >= 0.3 is 5.97 Å². The molecule has 0 atom stereocenters. The SMILES string of the molecule is COc1cc(C=CC(=O)N2CCN(CC(=O)NCCCC(=O)O)CC2)cc(OC)c1OC. The van der Waals surface area contributed by atoms with Crippen LogP contribution in [0.25, 0.3) is 6.08 Å². The highest BCUT2D eigenvalue weighted by molar-refractivity contribution is 5.92. The molecule has 1 aliphatic rings. The molecule has 1 fully saturated rings. The van der Waals surface area contributed by atoms with E-state index in [2.05, 4.69) is 5.32 Å². The van der Waals surface area contributed by atoms with Crippen LogP contribution in [0.4, 0.5) is 0 Å². The Morgan fingerprint density at radius 1 is 1.03 bits per heavy atom. The molecular formula is C22H31N3O7. The summed E-state index contributed by atoms with van der Waals surface area (Å²) in [5, 5.41) is 11.3. The van der Waals surface area contributed by atoms with Crippen molar-refractivity contribution >= 4 is 23.9 Å². The van der Waals surface area contributed by atoms with Gasteiger partial charge in [-0.2, -0.15) is 0 Å². The van der Waals surface area contributed by atoms with Gasteiger partial charge in [0.15, 0.2) is 11.5 Å². The third kappa shape index (κ3) is 7.45. The molecule has 1 aliphatic heterocycles. The molecule has 0 spiro atoms. The predicted molar refractivity (Wildman–Crippen MR) is 118 cm³/mol. The van der Waals surface area contributed by atoms with Gasteiger partial charge in [-0.15, -0.1) is 0 Å². The van der Waals surface area contributed by atoms with Crippen LogP contribution in [-0.2, 0) is 14.4 Å². The fourth-order valence-corrected chi connectivity index (χ4v) is 3.32. The Labute approximate surface area is 187 Å². The average Bonchev–Trinajstić information content (AvgIpc) is 2.79. The Hall–Kier alpha value is -3.27. The summed E-state index contributed by atoms with van der Waals surface area (Å²) in [6.07, 6.45) is 3.64. The van der Waals surface area contributed by atoms with Crippen molar-refractivity contribution in [1.82, 2.24) is 15.1 Å². The molecule has 1 aromatic carbocycles. The molecule has 10 nitrogen and oxygen atoms in total. The maximum atomic E-state index is 12.6. The van der Waals surface area contributed by atoms with E-state index >= 15 is 0 Å². The number of piperazine rings is 1. The van der Waals surface area contributed by atoms with Crippen molar-refractivity contribution in [3.8, 4) is 17.2 Å². The standard InChI is InChI=1S/C22H31N3O7/c1-30-17-13-16(14-18(31-2)22(17)32-3)6-7-20(27)25-11-9-24(10-12-25)15-19(26)23-8-4-5-21(28)29/h6-7,13-14H,4-5,8-12,15H2,1-3H3,(H,23,26)(H,28,29). The van der Waals surface area contributed by atoms with Gasteiger partial charge in [0.05, 0.1) is 27.9 Å². The number of benzene rings is 1. The fourth-order valence-electron chi connectivity index (χ4n) is 3.32. The Balaban J connectivity index is 1.83. The van der Waals surface area contributed by atoms with Crippen molar-refractivity contribution in [1.29, 1.82) is 0 Å². The quantitative estimate of drug-likeness (QED) is 0.377. The molecule has 10 heteroatoms. The second kappa shape index (κ2) is 12.6. The Morgan fingerprint density at radius 3 is 2.19 bits per heavy atom. The number of methoxy groups -OCH3 is 3. The maximum absolute atomic E-state index is 12.6. The number of aliphatic carboxylic acids is 1. The Bertz CT molecular complexity index is 808.